The molecule has 0 spiro atoms. The lowest BCUT2D eigenvalue weighted by Gasteiger charge is -2.35. The summed E-state index contributed by atoms with van der Waals surface area (Å²) in [6.07, 6.45) is 4.18. The zero-order chi connectivity index (χ0) is 15.0. The Morgan fingerprint density at radius 3 is 2.50 bits per heavy atom. The number of nitrogens with zero attached hydrogens (tertiary/aromatic N) is 3. The lowest BCUT2D eigenvalue weighted by atomic mass is 9.83. The van der Waals surface area contributed by atoms with Crippen molar-refractivity contribution in [3.05, 3.63) is 6.20 Å². The fourth-order valence-electron chi connectivity index (χ4n) is 2.43. The highest BCUT2D eigenvalue weighted by Crippen LogP contribution is 2.33. The SMILES string of the molecule is CCCn1cc(S(=O)(=O)N2CCC(C)(C)CC2)c(N)n1. The molecule has 1 saturated heterocycles. The van der Waals surface area contributed by atoms with Crippen LogP contribution in [0, 0.1) is 5.41 Å². The first-order valence-corrected chi connectivity index (χ1v) is 8.53. The van der Waals surface area contributed by atoms with E-state index in [0.717, 1.165) is 19.3 Å². The Bertz CT molecular complexity index is 567. The molecule has 1 aromatic heterocycles. The van der Waals surface area contributed by atoms with Crippen LogP contribution in [0.5, 0.6) is 0 Å². The van der Waals surface area contributed by atoms with Crippen molar-refractivity contribution in [1.29, 1.82) is 0 Å². The monoisotopic (exact) mass is 300 g/mol. The number of anilines is 1. The molecule has 114 valence electrons. The van der Waals surface area contributed by atoms with E-state index in [4.69, 9.17) is 5.73 Å². The van der Waals surface area contributed by atoms with Gasteiger partial charge in [0.25, 0.3) is 0 Å². The maximum atomic E-state index is 12.6. The minimum absolute atomic E-state index is 0.100. The first-order valence-electron chi connectivity index (χ1n) is 7.09. The Balaban J connectivity index is 2.22. The molecule has 1 aliphatic heterocycles. The van der Waals surface area contributed by atoms with E-state index in [1.165, 1.54) is 4.31 Å². The molecule has 2 rings (SSSR count). The van der Waals surface area contributed by atoms with Crippen molar-refractivity contribution >= 4 is 15.8 Å². The Hall–Kier alpha value is -1.08. The number of aryl methyl sites for hydroxylation is 1. The smallest absolute Gasteiger partial charge is 0.248 e. The van der Waals surface area contributed by atoms with E-state index in [9.17, 15) is 8.42 Å². The van der Waals surface area contributed by atoms with Gasteiger partial charge in [0.15, 0.2) is 5.82 Å². The van der Waals surface area contributed by atoms with Gasteiger partial charge in [-0.05, 0) is 24.7 Å². The van der Waals surface area contributed by atoms with Crippen molar-refractivity contribution in [3.8, 4) is 0 Å². The summed E-state index contributed by atoms with van der Waals surface area (Å²) < 4.78 is 28.4. The second kappa shape index (κ2) is 5.37. The van der Waals surface area contributed by atoms with Crippen LogP contribution in [-0.4, -0.2) is 35.6 Å². The molecule has 1 aromatic rings. The predicted molar refractivity (Wildman–Crippen MR) is 78.7 cm³/mol. The fraction of sp³-hybridized carbons (Fsp3) is 0.769. The number of hydrogen-bond acceptors (Lipinski definition) is 4. The zero-order valence-electron chi connectivity index (χ0n) is 12.5. The van der Waals surface area contributed by atoms with Crippen LogP contribution in [0.15, 0.2) is 11.1 Å². The predicted octanol–water partition coefficient (Wildman–Crippen LogP) is 1.69. The summed E-state index contributed by atoms with van der Waals surface area (Å²) in [5.74, 6) is 0.100. The molecule has 0 aromatic carbocycles. The van der Waals surface area contributed by atoms with Crippen molar-refractivity contribution in [2.45, 2.75) is 51.5 Å². The van der Waals surface area contributed by atoms with E-state index in [1.807, 2.05) is 6.92 Å². The summed E-state index contributed by atoms with van der Waals surface area (Å²) in [6, 6.07) is 0. The van der Waals surface area contributed by atoms with Crippen molar-refractivity contribution in [2.75, 3.05) is 18.8 Å². The Labute approximate surface area is 121 Å². The molecule has 0 radical (unpaired) electrons. The number of nitrogen functional groups attached to an aromatic ring is 1. The van der Waals surface area contributed by atoms with Gasteiger partial charge in [-0.15, -0.1) is 0 Å². The second-order valence-electron chi connectivity index (χ2n) is 6.21. The molecule has 6 nitrogen and oxygen atoms in total. The van der Waals surface area contributed by atoms with E-state index < -0.39 is 10.0 Å². The quantitative estimate of drug-likeness (QED) is 0.917. The minimum Gasteiger partial charge on any atom is -0.381 e. The first-order chi connectivity index (χ1) is 9.26. The Morgan fingerprint density at radius 2 is 1.95 bits per heavy atom. The largest absolute Gasteiger partial charge is 0.381 e. The van der Waals surface area contributed by atoms with Gasteiger partial charge in [-0.1, -0.05) is 20.8 Å². The first kappa shape index (κ1) is 15.3. The highest BCUT2D eigenvalue weighted by molar-refractivity contribution is 7.89. The summed E-state index contributed by atoms with van der Waals surface area (Å²) in [6.45, 7) is 8.13. The maximum Gasteiger partial charge on any atom is 0.248 e. The molecular weight excluding hydrogens is 276 g/mol. The second-order valence-corrected chi connectivity index (χ2v) is 8.12. The third kappa shape index (κ3) is 2.98. The number of rotatable bonds is 4. The van der Waals surface area contributed by atoms with Crippen molar-refractivity contribution in [2.24, 2.45) is 5.41 Å². The average molecular weight is 300 g/mol. The molecule has 2 N–H and O–H groups in total. The van der Waals surface area contributed by atoms with Crippen molar-refractivity contribution in [1.82, 2.24) is 14.1 Å². The molecule has 1 aliphatic rings. The molecule has 20 heavy (non-hydrogen) atoms. The van der Waals surface area contributed by atoms with Crippen LogP contribution in [0.2, 0.25) is 0 Å². The molecule has 1 fully saturated rings. The minimum atomic E-state index is -3.52. The van der Waals surface area contributed by atoms with Gasteiger partial charge < -0.3 is 5.73 Å². The summed E-state index contributed by atoms with van der Waals surface area (Å²) in [4.78, 5) is 0.144. The number of sulfonamides is 1. The van der Waals surface area contributed by atoms with Gasteiger partial charge in [0, 0.05) is 25.8 Å². The van der Waals surface area contributed by atoms with E-state index in [1.54, 1.807) is 10.9 Å². The summed E-state index contributed by atoms with van der Waals surface area (Å²) in [5.41, 5.74) is 5.99. The number of piperidine rings is 1. The standard InChI is InChI=1S/C13H24N4O2S/c1-4-7-16-10-11(12(14)15-16)20(18,19)17-8-5-13(2,3)6-9-17/h10H,4-9H2,1-3H3,(H2,14,15). The summed E-state index contributed by atoms with van der Waals surface area (Å²) >= 11 is 0. The van der Waals surface area contributed by atoms with E-state index >= 15 is 0 Å². The lowest BCUT2D eigenvalue weighted by molar-refractivity contribution is 0.196. The molecule has 0 atom stereocenters. The summed E-state index contributed by atoms with van der Waals surface area (Å²) in [7, 11) is -3.52. The normalized spacial score (nSPS) is 20.1. The highest BCUT2D eigenvalue weighted by atomic mass is 32.2. The molecule has 0 aliphatic carbocycles. The van der Waals surface area contributed by atoms with Crippen LogP contribution in [0.4, 0.5) is 5.82 Å². The zero-order valence-corrected chi connectivity index (χ0v) is 13.3. The number of aromatic nitrogens is 2. The van der Waals surface area contributed by atoms with Crippen LogP contribution in [0.3, 0.4) is 0 Å². The molecule has 7 heteroatoms. The van der Waals surface area contributed by atoms with Gasteiger partial charge in [-0.3, -0.25) is 4.68 Å². The van der Waals surface area contributed by atoms with Crippen molar-refractivity contribution in [3.63, 3.8) is 0 Å². The van der Waals surface area contributed by atoms with Crippen LogP contribution < -0.4 is 5.73 Å². The van der Waals surface area contributed by atoms with Gasteiger partial charge in [-0.2, -0.15) is 9.40 Å². The fourth-order valence-corrected chi connectivity index (χ4v) is 3.93. The Morgan fingerprint density at radius 1 is 1.35 bits per heavy atom. The summed E-state index contributed by atoms with van der Waals surface area (Å²) in [5, 5.41) is 4.08. The maximum absolute atomic E-state index is 12.6. The van der Waals surface area contributed by atoms with Crippen molar-refractivity contribution < 1.29 is 8.42 Å². The Kier molecular flexibility index (Phi) is 4.11. The molecule has 2 heterocycles. The molecular formula is C13H24N4O2S. The van der Waals surface area contributed by atoms with Gasteiger partial charge in [0.1, 0.15) is 4.90 Å². The van der Waals surface area contributed by atoms with Crippen LogP contribution in [0.1, 0.15) is 40.0 Å². The lowest BCUT2D eigenvalue weighted by Crippen LogP contribution is -2.41. The molecule has 0 unspecified atom stereocenters. The van der Waals surface area contributed by atoms with Gasteiger partial charge >= 0.3 is 0 Å². The molecule has 0 bridgehead atoms. The third-order valence-corrected chi connectivity index (χ3v) is 5.82. The van der Waals surface area contributed by atoms with Gasteiger partial charge in [-0.25, -0.2) is 8.42 Å². The van der Waals surface area contributed by atoms with E-state index in [2.05, 4.69) is 18.9 Å². The van der Waals surface area contributed by atoms with Gasteiger partial charge in [0.05, 0.1) is 0 Å². The van der Waals surface area contributed by atoms with Crippen LogP contribution >= 0.6 is 0 Å². The highest BCUT2D eigenvalue weighted by Gasteiger charge is 2.34. The van der Waals surface area contributed by atoms with E-state index in [0.29, 0.717) is 19.6 Å². The number of hydrogen-bond donors (Lipinski definition) is 1. The molecule has 0 saturated carbocycles. The van der Waals surface area contributed by atoms with Crippen LogP contribution in [0.25, 0.3) is 0 Å². The van der Waals surface area contributed by atoms with E-state index in [-0.39, 0.29) is 16.1 Å². The third-order valence-electron chi connectivity index (χ3n) is 3.90. The topological polar surface area (TPSA) is 81.2 Å². The average Bonchev–Trinajstić information content (AvgIpc) is 2.71. The van der Waals surface area contributed by atoms with Gasteiger partial charge in [0.2, 0.25) is 10.0 Å². The number of nitrogens with two attached hydrogens (primary N) is 1. The van der Waals surface area contributed by atoms with Crippen LogP contribution in [-0.2, 0) is 16.6 Å². The molecule has 0 amide bonds.